The van der Waals surface area contributed by atoms with Gasteiger partial charge in [-0.15, -0.1) is 0 Å². The fraction of sp³-hybridized carbons (Fsp3) is 0.222. The predicted molar refractivity (Wildman–Crippen MR) is 50.6 cm³/mol. The summed E-state index contributed by atoms with van der Waals surface area (Å²) in [6.07, 6.45) is -3.56. The molecule has 0 bridgehead atoms. The molecule has 0 amide bonds. The van der Waals surface area contributed by atoms with Crippen LogP contribution in [0.2, 0.25) is 0 Å². The van der Waals surface area contributed by atoms with Crippen LogP contribution in [0, 0.1) is 5.82 Å². The van der Waals surface area contributed by atoms with Gasteiger partial charge in [-0.3, -0.25) is 0 Å². The van der Waals surface area contributed by atoms with Crippen molar-refractivity contribution in [3.8, 4) is 0 Å². The quantitative estimate of drug-likeness (QED) is 0.743. The van der Waals surface area contributed by atoms with Gasteiger partial charge in [-0.25, -0.2) is 9.37 Å². The molecular weight excluding hydrogens is 226 g/mol. The molecule has 1 aromatic heterocycles. The van der Waals surface area contributed by atoms with Gasteiger partial charge in [0.15, 0.2) is 0 Å². The van der Waals surface area contributed by atoms with E-state index in [1.54, 1.807) is 0 Å². The first-order valence-corrected chi connectivity index (χ1v) is 4.35. The van der Waals surface area contributed by atoms with Gasteiger partial charge in [0.2, 0.25) is 0 Å². The zero-order chi connectivity index (χ0) is 11.9. The molecule has 0 aliphatic carbocycles. The van der Waals surface area contributed by atoms with Gasteiger partial charge in [0.05, 0.1) is 17.5 Å². The lowest BCUT2D eigenvalue weighted by Gasteiger charge is -2.13. The highest BCUT2D eigenvalue weighted by atomic mass is 19.4. The third-order valence-corrected chi connectivity index (χ3v) is 2.20. The third-order valence-electron chi connectivity index (χ3n) is 2.20. The standard InChI is InChI=1S/C9H7F4N3/c1-14-7-4(10)2-5-8(16-3-15-5)6(7)9(11,12)13/h2-3,14H,1H3,(H,15,16). The predicted octanol–water partition coefficient (Wildman–Crippen LogP) is 2.76. The zero-order valence-corrected chi connectivity index (χ0v) is 8.11. The first kappa shape index (κ1) is 10.7. The number of imidazole rings is 1. The summed E-state index contributed by atoms with van der Waals surface area (Å²) in [5, 5.41) is 2.20. The summed E-state index contributed by atoms with van der Waals surface area (Å²) >= 11 is 0. The maximum absolute atomic E-state index is 13.4. The van der Waals surface area contributed by atoms with Gasteiger partial charge in [-0.05, 0) is 0 Å². The molecule has 7 heteroatoms. The molecule has 0 saturated heterocycles. The number of hydrogen-bond donors (Lipinski definition) is 2. The topological polar surface area (TPSA) is 40.7 Å². The Bertz CT molecular complexity index is 529. The number of benzene rings is 1. The van der Waals surface area contributed by atoms with Crippen LogP contribution >= 0.6 is 0 Å². The molecule has 0 radical (unpaired) electrons. The van der Waals surface area contributed by atoms with Crippen LogP contribution in [0.5, 0.6) is 0 Å². The molecule has 1 heterocycles. The molecule has 0 aliphatic heterocycles. The van der Waals surface area contributed by atoms with E-state index in [1.807, 2.05) is 0 Å². The molecule has 0 spiro atoms. The van der Waals surface area contributed by atoms with Crippen LogP contribution in [0.25, 0.3) is 11.0 Å². The van der Waals surface area contributed by atoms with Crippen LogP contribution in [0.3, 0.4) is 0 Å². The number of aromatic nitrogens is 2. The van der Waals surface area contributed by atoms with Crippen molar-refractivity contribution < 1.29 is 17.6 Å². The van der Waals surface area contributed by atoms with Crippen molar-refractivity contribution in [3.05, 3.63) is 23.8 Å². The van der Waals surface area contributed by atoms with Crippen molar-refractivity contribution in [1.29, 1.82) is 0 Å². The van der Waals surface area contributed by atoms with Gasteiger partial charge in [-0.2, -0.15) is 13.2 Å². The van der Waals surface area contributed by atoms with E-state index in [-0.39, 0.29) is 11.0 Å². The zero-order valence-electron chi connectivity index (χ0n) is 8.11. The van der Waals surface area contributed by atoms with Crippen molar-refractivity contribution in [2.24, 2.45) is 0 Å². The number of halogens is 4. The highest BCUT2D eigenvalue weighted by Gasteiger charge is 2.38. The molecule has 0 saturated carbocycles. The van der Waals surface area contributed by atoms with Crippen LogP contribution in [0.1, 0.15) is 5.56 Å². The number of anilines is 1. The number of H-pyrrole nitrogens is 1. The van der Waals surface area contributed by atoms with Crippen LogP contribution in [0.15, 0.2) is 12.4 Å². The number of nitrogens with zero attached hydrogens (tertiary/aromatic N) is 1. The average Bonchev–Trinajstić information content (AvgIpc) is 2.60. The van der Waals surface area contributed by atoms with E-state index in [0.29, 0.717) is 0 Å². The fourth-order valence-electron chi connectivity index (χ4n) is 1.57. The largest absolute Gasteiger partial charge is 0.420 e. The lowest BCUT2D eigenvalue weighted by atomic mass is 10.1. The van der Waals surface area contributed by atoms with Gasteiger partial charge >= 0.3 is 6.18 Å². The summed E-state index contributed by atoms with van der Waals surface area (Å²) in [7, 11) is 1.23. The van der Waals surface area contributed by atoms with E-state index in [4.69, 9.17) is 0 Å². The summed E-state index contributed by atoms with van der Waals surface area (Å²) < 4.78 is 51.7. The van der Waals surface area contributed by atoms with E-state index >= 15 is 0 Å². The van der Waals surface area contributed by atoms with E-state index < -0.39 is 23.2 Å². The highest BCUT2D eigenvalue weighted by Crippen LogP contribution is 2.40. The van der Waals surface area contributed by atoms with E-state index in [9.17, 15) is 17.6 Å². The summed E-state index contributed by atoms with van der Waals surface area (Å²) in [5.74, 6) is -0.966. The number of alkyl halides is 3. The van der Waals surface area contributed by atoms with Crippen molar-refractivity contribution >= 4 is 16.7 Å². The number of aromatic amines is 1. The molecule has 0 fully saturated rings. The number of hydrogen-bond acceptors (Lipinski definition) is 2. The van der Waals surface area contributed by atoms with Gasteiger partial charge in [0.1, 0.15) is 16.9 Å². The van der Waals surface area contributed by atoms with Crippen molar-refractivity contribution in [1.82, 2.24) is 9.97 Å². The molecule has 86 valence electrons. The SMILES string of the molecule is CNc1c(F)cc2[nH]cnc2c1C(F)(F)F. The lowest BCUT2D eigenvalue weighted by Crippen LogP contribution is -2.11. The second-order valence-corrected chi connectivity index (χ2v) is 3.15. The number of fused-ring (bicyclic) bond motifs is 1. The first-order chi connectivity index (χ1) is 7.45. The van der Waals surface area contributed by atoms with Gasteiger partial charge < -0.3 is 10.3 Å². The van der Waals surface area contributed by atoms with E-state index in [2.05, 4.69) is 15.3 Å². The van der Waals surface area contributed by atoms with Gasteiger partial charge in [0.25, 0.3) is 0 Å². The summed E-state index contributed by atoms with van der Waals surface area (Å²) in [6, 6.07) is 0.976. The molecule has 2 aromatic rings. The Hall–Kier alpha value is -1.79. The molecule has 0 unspecified atom stereocenters. The minimum Gasteiger partial charge on any atom is -0.385 e. The Balaban J connectivity index is 2.88. The summed E-state index contributed by atoms with van der Waals surface area (Å²) in [6.45, 7) is 0. The van der Waals surface area contributed by atoms with Crippen LogP contribution in [-0.4, -0.2) is 17.0 Å². The molecule has 2 N–H and O–H groups in total. The summed E-state index contributed by atoms with van der Waals surface area (Å²) in [4.78, 5) is 6.00. The Labute approximate surface area is 87.5 Å². The lowest BCUT2D eigenvalue weighted by molar-refractivity contribution is -0.135. The molecule has 2 rings (SSSR count). The normalized spacial score (nSPS) is 12.1. The van der Waals surface area contributed by atoms with Crippen molar-refractivity contribution in [2.75, 3.05) is 12.4 Å². The average molecular weight is 233 g/mol. The monoisotopic (exact) mass is 233 g/mol. The molecular formula is C9H7F4N3. The Morgan fingerprint density at radius 1 is 1.38 bits per heavy atom. The second kappa shape index (κ2) is 3.36. The third kappa shape index (κ3) is 1.48. The van der Waals surface area contributed by atoms with Crippen LogP contribution in [0.4, 0.5) is 23.2 Å². The second-order valence-electron chi connectivity index (χ2n) is 3.15. The van der Waals surface area contributed by atoms with E-state index in [0.717, 1.165) is 12.4 Å². The number of nitrogens with one attached hydrogen (secondary N) is 2. The van der Waals surface area contributed by atoms with Crippen molar-refractivity contribution in [2.45, 2.75) is 6.18 Å². The highest BCUT2D eigenvalue weighted by molar-refractivity contribution is 5.85. The minimum atomic E-state index is -4.66. The number of rotatable bonds is 1. The maximum atomic E-state index is 13.4. The van der Waals surface area contributed by atoms with E-state index in [1.165, 1.54) is 7.05 Å². The van der Waals surface area contributed by atoms with Gasteiger partial charge in [-0.1, -0.05) is 0 Å². The molecule has 16 heavy (non-hydrogen) atoms. The first-order valence-electron chi connectivity index (χ1n) is 4.35. The molecule has 0 atom stereocenters. The van der Waals surface area contributed by atoms with Crippen molar-refractivity contribution in [3.63, 3.8) is 0 Å². The molecule has 3 nitrogen and oxygen atoms in total. The summed E-state index contributed by atoms with van der Waals surface area (Å²) in [5.41, 5.74) is -1.96. The molecule has 1 aromatic carbocycles. The molecule has 0 aliphatic rings. The Morgan fingerprint density at radius 2 is 2.06 bits per heavy atom. The minimum absolute atomic E-state index is 0.0174. The maximum Gasteiger partial charge on any atom is 0.420 e. The fourth-order valence-corrected chi connectivity index (χ4v) is 1.57. The smallest absolute Gasteiger partial charge is 0.385 e. The van der Waals surface area contributed by atoms with Crippen LogP contribution < -0.4 is 5.32 Å². The Kier molecular flexibility index (Phi) is 2.25. The van der Waals surface area contributed by atoms with Gasteiger partial charge in [0, 0.05) is 13.1 Å². The Morgan fingerprint density at radius 3 is 2.62 bits per heavy atom. The van der Waals surface area contributed by atoms with Crippen LogP contribution in [-0.2, 0) is 6.18 Å².